The van der Waals surface area contributed by atoms with E-state index in [9.17, 15) is 14.9 Å². The third-order valence-corrected chi connectivity index (χ3v) is 5.22. The summed E-state index contributed by atoms with van der Waals surface area (Å²) >= 11 is 0. The number of pyridine rings is 1. The second kappa shape index (κ2) is 7.77. The van der Waals surface area contributed by atoms with Gasteiger partial charge in [-0.1, -0.05) is 37.1 Å². The van der Waals surface area contributed by atoms with Crippen molar-refractivity contribution < 1.29 is 4.79 Å². The summed E-state index contributed by atoms with van der Waals surface area (Å²) in [5, 5.41) is 12.2. The van der Waals surface area contributed by atoms with Gasteiger partial charge in [0.2, 0.25) is 11.5 Å². The Kier molecular flexibility index (Phi) is 5.43. The van der Waals surface area contributed by atoms with E-state index in [1.807, 2.05) is 24.3 Å². The van der Waals surface area contributed by atoms with Crippen LogP contribution in [0.5, 0.6) is 0 Å². The minimum atomic E-state index is -0.831. The predicted molar refractivity (Wildman–Crippen MR) is 104 cm³/mol. The standard InChI is InChI=1S/C21H24N4O2/c1-25-14-17(8-9-19(25)26)16-6-4-15(5-7-16)12-18(13-22)24-20(27)21(23)10-2-3-11-21/h4-9,14,18H,2-3,10-12,23H2,1H3,(H,24,27)/t18-/m0/s1. The van der Waals surface area contributed by atoms with E-state index in [0.717, 1.165) is 29.5 Å². The average Bonchev–Trinajstić information content (AvgIpc) is 3.12. The molecule has 6 heteroatoms. The van der Waals surface area contributed by atoms with Crippen LogP contribution in [0.15, 0.2) is 47.4 Å². The lowest BCUT2D eigenvalue weighted by atomic mass is 9.96. The minimum absolute atomic E-state index is 0.0529. The number of nitrogens with one attached hydrogen (secondary N) is 1. The normalized spacial score (nSPS) is 16.5. The molecule has 3 N–H and O–H groups in total. The van der Waals surface area contributed by atoms with Crippen LogP contribution in [0.4, 0.5) is 0 Å². The lowest BCUT2D eigenvalue weighted by Gasteiger charge is -2.24. The highest BCUT2D eigenvalue weighted by atomic mass is 16.2. The van der Waals surface area contributed by atoms with Gasteiger partial charge in [-0.25, -0.2) is 0 Å². The van der Waals surface area contributed by atoms with Crippen molar-refractivity contribution in [1.82, 2.24) is 9.88 Å². The monoisotopic (exact) mass is 364 g/mol. The van der Waals surface area contributed by atoms with Crippen LogP contribution in [0.25, 0.3) is 11.1 Å². The van der Waals surface area contributed by atoms with Gasteiger partial charge in [0.25, 0.3) is 0 Å². The Morgan fingerprint density at radius 2 is 1.85 bits per heavy atom. The van der Waals surface area contributed by atoms with E-state index in [0.29, 0.717) is 19.3 Å². The summed E-state index contributed by atoms with van der Waals surface area (Å²) in [6, 6.07) is 12.6. The Balaban J connectivity index is 1.67. The third-order valence-electron chi connectivity index (χ3n) is 5.22. The fourth-order valence-electron chi connectivity index (χ4n) is 3.50. The minimum Gasteiger partial charge on any atom is -0.338 e. The number of aromatic nitrogens is 1. The molecule has 0 aliphatic heterocycles. The van der Waals surface area contributed by atoms with E-state index in [1.54, 1.807) is 19.3 Å². The number of aryl methyl sites for hydroxylation is 1. The van der Waals surface area contributed by atoms with Crippen molar-refractivity contribution >= 4 is 5.91 Å². The number of benzene rings is 1. The zero-order valence-corrected chi connectivity index (χ0v) is 15.4. The van der Waals surface area contributed by atoms with Gasteiger partial charge in [0.1, 0.15) is 6.04 Å². The molecule has 1 aromatic heterocycles. The van der Waals surface area contributed by atoms with E-state index in [-0.39, 0.29) is 11.5 Å². The second-order valence-electron chi connectivity index (χ2n) is 7.29. The molecular weight excluding hydrogens is 340 g/mol. The number of amides is 1. The van der Waals surface area contributed by atoms with Gasteiger partial charge in [-0.3, -0.25) is 9.59 Å². The highest BCUT2D eigenvalue weighted by molar-refractivity contribution is 5.86. The third kappa shape index (κ3) is 4.26. The van der Waals surface area contributed by atoms with Crippen molar-refractivity contribution in [3.05, 3.63) is 58.5 Å². The van der Waals surface area contributed by atoms with Crippen LogP contribution >= 0.6 is 0 Å². The molecule has 27 heavy (non-hydrogen) atoms. The van der Waals surface area contributed by atoms with Gasteiger partial charge >= 0.3 is 0 Å². The van der Waals surface area contributed by atoms with Crippen LogP contribution in [-0.2, 0) is 18.3 Å². The molecule has 140 valence electrons. The van der Waals surface area contributed by atoms with Gasteiger partial charge in [-0.05, 0) is 35.6 Å². The van der Waals surface area contributed by atoms with E-state index in [2.05, 4.69) is 11.4 Å². The maximum absolute atomic E-state index is 12.4. The number of carbonyl (C=O) groups excluding carboxylic acids is 1. The van der Waals surface area contributed by atoms with Gasteiger partial charge in [0.05, 0.1) is 11.6 Å². The van der Waals surface area contributed by atoms with Crippen molar-refractivity contribution in [3.8, 4) is 17.2 Å². The van der Waals surface area contributed by atoms with Crippen LogP contribution in [0.3, 0.4) is 0 Å². The number of carbonyl (C=O) groups is 1. The molecule has 0 saturated heterocycles. The summed E-state index contributed by atoms with van der Waals surface area (Å²) in [7, 11) is 1.72. The predicted octanol–water partition coefficient (Wildman–Crippen LogP) is 1.87. The van der Waals surface area contributed by atoms with E-state index in [4.69, 9.17) is 5.73 Å². The average molecular weight is 364 g/mol. The molecule has 1 atom stereocenters. The van der Waals surface area contributed by atoms with Crippen LogP contribution in [-0.4, -0.2) is 22.1 Å². The number of hydrogen-bond donors (Lipinski definition) is 2. The molecule has 1 heterocycles. The first-order chi connectivity index (χ1) is 12.9. The number of rotatable bonds is 5. The summed E-state index contributed by atoms with van der Waals surface area (Å²) in [4.78, 5) is 23.9. The maximum Gasteiger partial charge on any atom is 0.250 e. The molecule has 6 nitrogen and oxygen atoms in total. The number of hydrogen-bond acceptors (Lipinski definition) is 4. The molecule has 0 radical (unpaired) electrons. The topological polar surface area (TPSA) is 101 Å². The van der Waals surface area contributed by atoms with Gasteiger partial charge in [-0.15, -0.1) is 0 Å². The first-order valence-corrected chi connectivity index (χ1v) is 9.17. The van der Waals surface area contributed by atoms with Crippen molar-refractivity contribution in [3.63, 3.8) is 0 Å². The first-order valence-electron chi connectivity index (χ1n) is 9.17. The van der Waals surface area contributed by atoms with Gasteiger partial charge in [0, 0.05) is 25.7 Å². The Bertz CT molecular complexity index is 918. The fraction of sp³-hybridized carbons (Fsp3) is 0.381. The van der Waals surface area contributed by atoms with Crippen LogP contribution in [0, 0.1) is 11.3 Å². The molecule has 1 aromatic carbocycles. The van der Waals surface area contributed by atoms with Gasteiger partial charge in [0.15, 0.2) is 0 Å². The summed E-state index contributed by atoms with van der Waals surface area (Å²) in [6.07, 6.45) is 5.46. The maximum atomic E-state index is 12.4. The Labute approximate surface area is 158 Å². The zero-order chi connectivity index (χ0) is 19.4. The SMILES string of the molecule is Cn1cc(-c2ccc(C[C@@H](C#N)NC(=O)C3(N)CCCC3)cc2)ccc1=O. The first kappa shape index (κ1) is 18.9. The highest BCUT2D eigenvalue weighted by Crippen LogP contribution is 2.27. The lowest BCUT2D eigenvalue weighted by molar-refractivity contribution is -0.126. The Hall–Kier alpha value is -2.91. The molecule has 1 saturated carbocycles. The van der Waals surface area contributed by atoms with E-state index < -0.39 is 11.6 Å². The summed E-state index contributed by atoms with van der Waals surface area (Å²) < 4.78 is 1.54. The number of nitriles is 1. The molecule has 1 fully saturated rings. The highest BCUT2D eigenvalue weighted by Gasteiger charge is 2.37. The lowest BCUT2D eigenvalue weighted by Crippen LogP contribution is -2.54. The molecule has 1 aliphatic rings. The Morgan fingerprint density at radius 1 is 1.22 bits per heavy atom. The molecule has 2 aromatic rings. The van der Waals surface area contributed by atoms with Crippen molar-refractivity contribution in [2.45, 2.75) is 43.7 Å². The molecule has 1 amide bonds. The van der Waals surface area contributed by atoms with Crippen LogP contribution in [0.2, 0.25) is 0 Å². The zero-order valence-electron chi connectivity index (χ0n) is 15.4. The quantitative estimate of drug-likeness (QED) is 0.846. The van der Waals surface area contributed by atoms with Gasteiger partial charge in [-0.2, -0.15) is 5.26 Å². The second-order valence-corrected chi connectivity index (χ2v) is 7.29. The number of nitrogens with two attached hydrogens (primary N) is 1. The molecule has 3 rings (SSSR count). The summed E-state index contributed by atoms with van der Waals surface area (Å²) in [6.45, 7) is 0. The van der Waals surface area contributed by atoms with Crippen molar-refractivity contribution in [1.29, 1.82) is 5.26 Å². The number of nitrogens with zero attached hydrogens (tertiary/aromatic N) is 2. The molecule has 0 spiro atoms. The van der Waals surface area contributed by atoms with Crippen molar-refractivity contribution in [2.24, 2.45) is 12.8 Å². The molecule has 0 bridgehead atoms. The largest absolute Gasteiger partial charge is 0.338 e. The Morgan fingerprint density at radius 3 is 2.44 bits per heavy atom. The van der Waals surface area contributed by atoms with Gasteiger partial charge < -0.3 is 15.6 Å². The van der Waals surface area contributed by atoms with Crippen LogP contribution < -0.4 is 16.6 Å². The molecule has 0 unspecified atom stereocenters. The van der Waals surface area contributed by atoms with Crippen molar-refractivity contribution in [2.75, 3.05) is 0 Å². The summed E-state index contributed by atoms with van der Waals surface area (Å²) in [5.41, 5.74) is 8.16. The molecule has 1 aliphatic carbocycles. The molecular formula is C21H24N4O2. The van der Waals surface area contributed by atoms with Crippen LogP contribution in [0.1, 0.15) is 31.2 Å². The van der Waals surface area contributed by atoms with E-state index >= 15 is 0 Å². The fourth-order valence-corrected chi connectivity index (χ4v) is 3.50. The smallest absolute Gasteiger partial charge is 0.250 e. The van der Waals surface area contributed by atoms with E-state index in [1.165, 1.54) is 10.6 Å². The summed E-state index contributed by atoms with van der Waals surface area (Å²) in [5.74, 6) is -0.228.